The lowest BCUT2D eigenvalue weighted by Gasteiger charge is -2.22. The van der Waals surface area contributed by atoms with Crippen molar-refractivity contribution in [3.63, 3.8) is 0 Å². The number of nitrogens with one attached hydrogen (secondary N) is 1. The molecule has 0 aliphatic carbocycles. The third-order valence-corrected chi connectivity index (χ3v) is 3.51. The first-order chi connectivity index (χ1) is 10.0. The molecule has 21 heavy (non-hydrogen) atoms. The van der Waals surface area contributed by atoms with Gasteiger partial charge in [-0.2, -0.15) is 15.0 Å². The molecule has 0 spiro atoms. The van der Waals surface area contributed by atoms with Gasteiger partial charge in [0.1, 0.15) is 0 Å². The summed E-state index contributed by atoms with van der Waals surface area (Å²) in [4.78, 5) is 14.7. The SMILES string of the molecule is CCCOc1nc(NN)nc(N2CCCC(C)(O)CC2)n1. The van der Waals surface area contributed by atoms with Gasteiger partial charge in [0.25, 0.3) is 0 Å². The molecule has 118 valence electrons. The lowest BCUT2D eigenvalue weighted by atomic mass is 9.98. The Hall–Kier alpha value is -1.67. The highest BCUT2D eigenvalue weighted by molar-refractivity contribution is 5.38. The fourth-order valence-corrected chi connectivity index (χ4v) is 2.27. The summed E-state index contributed by atoms with van der Waals surface area (Å²) in [6.07, 6.45) is 3.21. The molecule has 0 saturated carbocycles. The quantitative estimate of drug-likeness (QED) is 0.538. The van der Waals surface area contributed by atoms with Gasteiger partial charge in [-0.25, -0.2) is 5.84 Å². The maximum Gasteiger partial charge on any atom is 0.323 e. The topological polar surface area (TPSA) is 109 Å². The first kappa shape index (κ1) is 15.7. The number of nitrogens with zero attached hydrogens (tertiary/aromatic N) is 4. The number of ether oxygens (including phenoxy) is 1. The van der Waals surface area contributed by atoms with Gasteiger partial charge in [0.15, 0.2) is 0 Å². The van der Waals surface area contributed by atoms with Crippen LogP contribution >= 0.6 is 0 Å². The van der Waals surface area contributed by atoms with Gasteiger partial charge in [-0.3, -0.25) is 5.43 Å². The van der Waals surface area contributed by atoms with Crippen molar-refractivity contribution in [1.29, 1.82) is 0 Å². The molecular formula is C13H24N6O2. The van der Waals surface area contributed by atoms with E-state index in [9.17, 15) is 5.11 Å². The van der Waals surface area contributed by atoms with E-state index in [1.807, 2.05) is 18.7 Å². The Balaban J connectivity index is 2.17. The van der Waals surface area contributed by atoms with E-state index in [2.05, 4.69) is 20.4 Å². The highest BCUT2D eigenvalue weighted by Crippen LogP contribution is 2.24. The molecule has 8 nitrogen and oxygen atoms in total. The van der Waals surface area contributed by atoms with E-state index in [-0.39, 0.29) is 12.0 Å². The second-order valence-electron chi connectivity index (χ2n) is 5.57. The van der Waals surface area contributed by atoms with Gasteiger partial charge in [0.2, 0.25) is 11.9 Å². The van der Waals surface area contributed by atoms with E-state index in [0.29, 0.717) is 25.5 Å². The third kappa shape index (κ3) is 4.40. The Kier molecular flexibility index (Phi) is 5.13. The molecule has 1 fully saturated rings. The summed E-state index contributed by atoms with van der Waals surface area (Å²) in [5.74, 6) is 6.21. The monoisotopic (exact) mass is 296 g/mol. The average molecular weight is 296 g/mol. The minimum absolute atomic E-state index is 0.269. The summed E-state index contributed by atoms with van der Waals surface area (Å²) in [5.41, 5.74) is 1.81. The van der Waals surface area contributed by atoms with Crippen LogP contribution in [0.5, 0.6) is 6.01 Å². The van der Waals surface area contributed by atoms with E-state index in [1.165, 1.54) is 0 Å². The number of hydrazine groups is 1. The minimum Gasteiger partial charge on any atom is -0.463 e. The zero-order chi connectivity index (χ0) is 15.3. The van der Waals surface area contributed by atoms with E-state index in [0.717, 1.165) is 25.8 Å². The molecule has 0 radical (unpaired) electrons. The van der Waals surface area contributed by atoms with Crippen molar-refractivity contribution < 1.29 is 9.84 Å². The molecule has 1 aliphatic rings. The molecule has 1 aromatic rings. The number of rotatable bonds is 5. The van der Waals surface area contributed by atoms with Gasteiger partial charge in [0.05, 0.1) is 12.2 Å². The van der Waals surface area contributed by atoms with E-state index in [1.54, 1.807) is 0 Å². The largest absolute Gasteiger partial charge is 0.463 e. The van der Waals surface area contributed by atoms with Crippen molar-refractivity contribution in [2.45, 2.75) is 45.1 Å². The second kappa shape index (κ2) is 6.86. The molecule has 0 bridgehead atoms. The van der Waals surface area contributed by atoms with Crippen LogP contribution in [0.4, 0.5) is 11.9 Å². The van der Waals surface area contributed by atoms with Crippen LogP contribution in [0, 0.1) is 0 Å². The normalized spacial score (nSPS) is 22.8. The molecule has 1 aliphatic heterocycles. The highest BCUT2D eigenvalue weighted by atomic mass is 16.5. The second-order valence-corrected chi connectivity index (χ2v) is 5.57. The van der Waals surface area contributed by atoms with Gasteiger partial charge in [0, 0.05) is 13.1 Å². The van der Waals surface area contributed by atoms with Gasteiger partial charge in [-0.1, -0.05) is 6.92 Å². The summed E-state index contributed by atoms with van der Waals surface area (Å²) in [6.45, 7) is 5.90. The van der Waals surface area contributed by atoms with Crippen molar-refractivity contribution in [2.24, 2.45) is 5.84 Å². The van der Waals surface area contributed by atoms with Crippen LogP contribution in [0.25, 0.3) is 0 Å². The Labute approximate surface area is 124 Å². The van der Waals surface area contributed by atoms with E-state index < -0.39 is 5.60 Å². The summed E-state index contributed by atoms with van der Waals surface area (Å²) < 4.78 is 5.47. The highest BCUT2D eigenvalue weighted by Gasteiger charge is 2.26. The molecule has 0 aromatic carbocycles. The molecule has 4 N–H and O–H groups in total. The van der Waals surface area contributed by atoms with Crippen molar-refractivity contribution in [1.82, 2.24) is 15.0 Å². The molecule has 1 atom stereocenters. The number of hydrogen-bond acceptors (Lipinski definition) is 8. The van der Waals surface area contributed by atoms with Crippen LogP contribution in [0.2, 0.25) is 0 Å². The van der Waals surface area contributed by atoms with Crippen molar-refractivity contribution in [3.05, 3.63) is 0 Å². The summed E-state index contributed by atoms with van der Waals surface area (Å²) in [5, 5.41) is 10.2. The van der Waals surface area contributed by atoms with Crippen LogP contribution in [-0.4, -0.2) is 45.4 Å². The van der Waals surface area contributed by atoms with Gasteiger partial charge >= 0.3 is 6.01 Å². The van der Waals surface area contributed by atoms with Gasteiger partial charge < -0.3 is 14.7 Å². The fraction of sp³-hybridized carbons (Fsp3) is 0.769. The number of aromatic nitrogens is 3. The van der Waals surface area contributed by atoms with E-state index in [4.69, 9.17) is 10.6 Å². The average Bonchev–Trinajstić information content (AvgIpc) is 2.65. The molecular weight excluding hydrogens is 272 g/mol. The predicted octanol–water partition coefficient (Wildman–Crippen LogP) is 0.687. The van der Waals surface area contributed by atoms with Crippen molar-refractivity contribution in [3.8, 4) is 6.01 Å². The van der Waals surface area contributed by atoms with Crippen LogP contribution < -0.4 is 20.9 Å². The Morgan fingerprint density at radius 3 is 2.86 bits per heavy atom. The smallest absolute Gasteiger partial charge is 0.323 e. The molecule has 1 saturated heterocycles. The van der Waals surface area contributed by atoms with Crippen LogP contribution in [-0.2, 0) is 0 Å². The number of anilines is 2. The first-order valence-corrected chi connectivity index (χ1v) is 7.37. The Bertz CT molecular complexity index is 468. The van der Waals surface area contributed by atoms with Gasteiger partial charge in [-0.15, -0.1) is 0 Å². The minimum atomic E-state index is -0.627. The number of hydrogen-bond donors (Lipinski definition) is 3. The standard InChI is InChI=1S/C13H24N6O2/c1-3-9-21-12-16-10(18-14)15-11(17-12)19-7-4-5-13(2,20)6-8-19/h20H,3-9,14H2,1-2H3,(H,15,16,17,18). The Morgan fingerprint density at radius 1 is 1.33 bits per heavy atom. The maximum absolute atomic E-state index is 10.2. The third-order valence-electron chi connectivity index (χ3n) is 3.51. The first-order valence-electron chi connectivity index (χ1n) is 7.37. The maximum atomic E-state index is 10.2. The Morgan fingerprint density at radius 2 is 2.14 bits per heavy atom. The molecule has 2 rings (SSSR count). The van der Waals surface area contributed by atoms with E-state index >= 15 is 0 Å². The van der Waals surface area contributed by atoms with Crippen LogP contribution in [0.3, 0.4) is 0 Å². The number of nitrogens with two attached hydrogens (primary N) is 1. The fourth-order valence-electron chi connectivity index (χ4n) is 2.27. The van der Waals surface area contributed by atoms with Gasteiger partial charge in [-0.05, 0) is 32.6 Å². The van der Waals surface area contributed by atoms with Crippen LogP contribution in [0.15, 0.2) is 0 Å². The molecule has 0 amide bonds. The number of aliphatic hydroxyl groups is 1. The molecule has 2 heterocycles. The lowest BCUT2D eigenvalue weighted by Crippen LogP contribution is -2.30. The van der Waals surface area contributed by atoms with Crippen molar-refractivity contribution >= 4 is 11.9 Å². The van der Waals surface area contributed by atoms with Crippen LogP contribution in [0.1, 0.15) is 39.5 Å². The summed E-state index contributed by atoms with van der Waals surface area (Å²) in [6, 6.07) is 0.269. The molecule has 1 aromatic heterocycles. The molecule has 1 unspecified atom stereocenters. The van der Waals surface area contributed by atoms with Crippen molar-refractivity contribution in [2.75, 3.05) is 30.0 Å². The molecule has 8 heteroatoms. The summed E-state index contributed by atoms with van der Waals surface area (Å²) >= 11 is 0. The number of nitrogen functional groups attached to an aromatic ring is 1. The zero-order valence-electron chi connectivity index (χ0n) is 12.7. The predicted molar refractivity (Wildman–Crippen MR) is 80.1 cm³/mol. The lowest BCUT2D eigenvalue weighted by molar-refractivity contribution is 0.0481. The zero-order valence-corrected chi connectivity index (χ0v) is 12.7. The summed E-state index contributed by atoms with van der Waals surface area (Å²) in [7, 11) is 0.